The standard InChI is InChI=1S/C19H17NO4/c1-20-18-15(13-9-6-10-14(11-13)19(22)23-2)16(21)17(24-18)12-7-4-3-5-8-12/h3-11,17,20H,1-2H3. The van der Waals surface area contributed by atoms with E-state index in [1.165, 1.54) is 7.11 Å². The van der Waals surface area contributed by atoms with Crippen LogP contribution in [0.2, 0.25) is 0 Å². The summed E-state index contributed by atoms with van der Waals surface area (Å²) >= 11 is 0. The Kier molecular flexibility index (Phi) is 4.33. The zero-order valence-corrected chi connectivity index (χ0v) is 13.4. The molecule has 122 valence electrons. The first kappa shape index (κ1) is 15.8. The van der Waals surface area contributed by atoms with E-state index < -0.39 is 12.1 Å². The van der Waals surface area contributed by atoms with Crippen LogP contribution in [0.15, 0.2) is 60.5 Å². The molecule has 1 aliphatic heterocycles. The molecule has 0 saturated carbocycles. The van der Waals surface area contributed by atoms with Crippen LogP contribution in [0, 0.1) is 0 Å². The Labute approximate surface area is 139 Å². The van der Waals surface area contributed by atoms with Crippen LogP contribution in [0.3, 0.4) is 0 Å². The van der Waals surface area contributed by atoms with Crippen LogP contribution < -0.4 is 5.32 Å². The van der Waals surface area contributed by atoms with E-state index in [9.17, 15) is 9.59 Å². The van der Waals surface area contributed by atoms with Crippen LogP contribution >= 0.6 is 0 Å². The lowest BCUT2D eigenvalue weighted by Gasteiger charge is -2.11. The summed E-state index contributed by atoms with van der Waals surface area (Å²) in [5.74, 6) is -0.196. The molecule has 0 spiro atoms. The van der Waals surface area contributed by atoms with Crippen molar-refractivity contribution >= 4 is 17.3 Å². The number of carbonyl (C=O) groups is 2. The van der Waals surface area contributed by atoms with Gasteiger partial charge in [-0.1, -0.05) is 42.5 Å². The topological polar surface area (TPSA) is 64.6 Å². The second-order valence-corrected chi connectivity index (χ2v) is 5.30. The summed E-state index contributed by atoms with van der Waals surface area (Å²) in [5.41, 5.74) is 2.21. The molecular weight excluding hydrogens is 306 g/mol. The quantitative estimate of drug-likeness (QED) is 0.877. The highest BCUT2D eigenvalue weighted by Crippen LogP contribution is 2.37. The summed E-state index contributed by atoms with van der Waals surface area (Å²) in [6, 6.07) is 16.1. The van der Waals surface area contributed by atoms with E-state index >= 15 is 0 Å². The summed E-state index contributed by atoms with van der Waals surface area (Å²) in [6.07, 6.45) is -0.689. The third-order valence-corrected chi connectivity index (χ3v) is 3.85. The number of ketones is 1. The van der Waals surface area contributed by atoms with Crippen molar-refractivity contribution in [2.75, 3.05) is 14.2 Å². The monoisotopic (exact) mass is 323 g/mol. The zero-order valence-electron chi connectivity index (χ0n) is 13.4. The molecule has 1 aliphatic rings. The van der Waals surface area contributed by atoms with E-state index in [0.717, 1.165) is 5.56 Å². The molecule has 2 aromatic rings. The number of nitrogens with one attached hydrogen (secondary N) is 1. The molecule has 1 heterocycles. The van der Waals surface area contributed by atoms with Crippen molar-refractivity contribution < 1.29 is 19.1 Å². The maximum atomic E-state index is 12.9. The van der Waals surface area contributed by atoms with Crippen molar-refractivity contribution in [2.45, 2.75) is 6.10 Å². The first-order valence-electron chi connectivity index (χ1n) is 7.52. The minimum absolute atomic E-state index is 0.146. The van der Waals surface area contributed by atoms with Crippen molar-refractivity contribution in [3.63, 3.8) is 0 Å². The molecule has 1 unspecified atom stereocenters. The second kappa shape index (κ2) is 6.58. The van der Waals surface area contributed by atoms with Crippen LogP contribution in [-0.2, 0) is 14.3 Å². The summed E-state index contributed by atoms with van der Waals surface area (Å²) in [5, 5.41) is 2.93. The molecule has 0 amide bonds. The largest absolute Gasteiger partial charge is 0.465 e. The van der Waals surface area contributed by atoms with E-state index in [1.807, 2.05) is 30.3 Å². The van der Waals surface area contributed by atoms with E-state index in [1.54, 1.807) is 31.3 Å². The number of carbonyl (C=O) groups excluding carboxylic acids is 2. The molecule has 0 aliphatic carbocycles. The van der Waals surface area contributed by atoms with Crippen LogP contribution in [0.1, 0.15) is 27.6 Å². The summed E-state index contributed by atoms with van der Waals surface area (Å²) in [7, 11) is 3.02. The predicted octanol–water partition coefficient (Wildman–Crippen LogP) is 2.70. The fraction of sp³-hybridized carbons (Fsp3) is 0.158. The van der Waals surface area contributed by atoms with Crippen LogP contribution in [0.5, 0.6) is 0 Å². The first-order chi connectivity index (χ1) is 11.7. The number of methoxy groups -OCH3 is 1. The molecule has 3 rings (SSSR count). The average Bonchev–Trinajstić information content (AvgIpc) is 2.98. The maximum absolute atomic E-state index is 12.9. The van der Waals surface area contributed by atoms with Gasteiger partial charge in [-0.25, -0.2) is 4.79 Å². The van der Waals surface area contributed by atoms with Gasteiger partial charge in [0.2, 0.25) is 5.78 Å². The molecule has 5 nitrogen and oxygen atoms in total. The van der Waals surface area contributed by atoms with Gasteiger partial charge in [0.05, 0.1) is 18.2 Å². The highest BCUT2D eigenvalue weighted by molar-refractivity contribution is 6.25. The molecule has 0 bridgehead atoms. The Balaban J connectivity index is 2.00. The molecule has 2 aromatic carbocycles. The molecule has 0 radical (unpaired) electrons. The zero-order chi connectivity index (χ0) is 17.1. The third-order valence-electron chi connectivity index (χ3n) is 3.85. The summed E-state index contributed by atoms with van der Waals surface area (Å²) < 4.78 is 10.5. The minimum Gasteiger partial charge on any atom is -0.465 e. The number of rotatable bonds is 4. The lowest BCUT2D eigenvalue weighted by Crippen LogP contribution is -2.10. The van der Waals surface area contributed by atoms with Crippen LogP contribution in [-0.4, -0.2) is 25.9 Å². The molecule has 0 saturated heterocycles. The number of hydrogen-bond acceptors (Lipinski definition) is 5. The molecule has 5 heteroatoms. The van der Waals surface area contributed by atoms with Crippen molar-refractivity contribution in [3.8, 4) is 0 Å². The molecule has 24 heavy (non-hydrogen) atoms. The smallest absolute Gasteiger partial charge is 0.337 e. The first-order valence-corrected chi connectivity index (χ1v) is 7.52. The minimum atomic E-state index is -0.689. The van der Waals surface area contributed by atoms with Crippen molar-refractivity contribution in [3.05, 3.63) is 77.2 Å². The van der Waals surface area contributed by atoms with Gasteiger partial charge in [-0.15, -0.1) is 0 Å². The fourth-order valence-corrected chi connectivity index (χ4v) is 2.70. The van der Waals surface area contributed by atoms with Gasteiger partial charge in [-0.3, -0.25) is 4.79 Å². The number of Topliss-reactive ketones (excluding diaryl/α,β-unsaturated/α-hetero) is 1. The highest BCUT2D eigenvalue weighted by Gasteiger charge is 2.36. The Morgan fingerprint density at radius 3 is 2.54 bits per heavy atom. The normalized spacial score (nSPS) is 16.8. The average molecular weight is 323 g/mol. The van der Waals surface area contributed by atoms with Gasteiger partial charge < -0.3 is 14.8 Å². The fourth-order valence-electron chi connectivity index (χ4n) is 2.70. The molecule has 1 atom stereocenters. The number of ether oxygens (including phenoxy) is 2. The van der Waals surface area contributed by atoms with Gasteiger partial charge in [0.25, 0.3) is 0 Å². The van der Waals surface area contributed by atoms with Gasteiger partial charge in [-0.05, 0) is 17.7 Å². The predicted molar refractivity (Wildman–Crippen MR) is 89.0 cm³/mol. The molecule has 1 N–H and O–H groups in total. The Morgan fingerprint density at radius 2 is 1.88 bits per heavy atom. The lowest BCUT2D eigenvalue weighted by molar-refractivity contribution is -0.120. The summed E-state index contributed by atoms with van der Waals surface area (Å²) in [6.45, 7) is 0. The van der Waals surface area contributed by atoms with E-state index in [-0.39, 0.29) is 5.78 Å². The van der Waals surface area contributed by atoms with Crippen molar-refractivity contribution in [1.82, 2.24) is 5.32 Å². The Morgan fingerprint density at radius 1 is 1.12 bits per heavy atom. The number of hydrogen-bond donors (Lipinski definition) is 1. The van der Waals surface area contributed by atoms with Gasteiger partial charge in [-0.2, -0.15) is 0 Å². The van der Waals surface area contributed by atoms with Crippen LogP contribution in [0.4, 0.5) is 0 Å². The lowest BCUT2D eigenvalue weighted by atomic mass is 9.96. The van der Waals surface area contributed by atoms with Gasteiger partial charge in [0, 0.05) is 12.6 Å². The van der Waals surface area contributed by atoms with Crippen LogP contribution in [0.25, 0.3) is 5.57 Å². The molecule has 0 fully saturated rings. The molecular formula is C19H17NO4. The Bertz CT molecular complexity index is 811. The second-order valence-electron chi connectivity index (χ2n) is 5.30. The van der Waals surface area contributed by atoms with Gasteiger partial charge in [0.1, 0.15) is 0 Å². The van der Waals surface area contributed by atoms with Gasteiger partial charge >= 0.3 is 5.97 Å². The van der Waals surface area contributed by atoms with E-state index in [4.69, 9.17) is 9.47 Å². The SMILES string of the molecule is CNC1=C(c2cccc(C(=O)OC)c2)C(=O)C(c2ccccc2)O1. The highest BCUT2D eigenvalue weighted by atomic mass is 16.5. The Hall–Kier alpha value is -3.08. The third kappa shape index (κ3) is 2.76. The summed E-state index contributed by atoms with van der Waals surface area (Å²) in [4.78, 5) is 24.6. The van der Waals surface area contributed by atoms with Crippen molar-refractivity contribution in [1.29, 1.82) is 0 Å². The maximum Gasteiger partial charge on any atom is 0.337 e. The van der Waals surface area contributed by atoms with Gasteiger partial charge in [0.15, 0.2) is 12.0 Å². The number of benzene rings is 2. The number of esters is 1. The van der Waals surface area contributed by atoms with E-state index in [0.29, 0.717) is 22.6 Å². The van der Waals surface area contributed by atoms with E-state index in [2.05, 4.69) is 5.32 Å². The van der Waals surface area contributed by atoms with Crippen molar-refractivity contribution in [2.24, 2.45) is 0 Å². The molecule has 0 aromatic heterocycles.